The topological polar surface area (TPSA) is 135 Å². The first-order valence-corrected chi connectivity index (χ1v) is 12.1. The fraction of sp³-hybridized carbons (Fsp3) is 0.0526. The van der Waals surface area contributed by atoms with Crippen molar-refractivity contribution in [3.63, 3.8) is 0 Å². The van der Waals surface area contributed by atoms with Crippen LogP contribution in [0, 0.1) is 22.9 Å². The number of benzene rings is 3. The van der Waals surface area contributed by atoms with E-state index >= 15 is 0 Å². The first kappa shape index (κ1) is 23.4. The van der Waals surface area contributed by atoms with Crippen molar-refractivity contribution in [2.24, 2.45) is 0 Å². The monoisotopic (exact) mass is 499 g/mol. The van der Waals surface area contributed by atoms with Crippen LogP contribution in [-0.2, 0) is 20.0 Å². The zero-order valence-electron chi connectivity index (χ0n) is 16.2. The lowest BCUT2D eigenvalue weighted by Gasteiger charge is -2.14. The van der Waals surface area contributed by atoms with Gasteiger partial charge >= 0.3 is 0 Å². The van der Waals surface area contributed by atoms with E-state index in [0.717, 1.165) is 30.3 Å². The molecule has 32 heavy (non-hydrogen) atoms. The third-order valence-corrected chi connectivity index (χ3v) is 7.48. The van der Waals surface area contributed by atoms with E-state index in [4.69, 9.17) is 11.6 Å². The molecule has 0 radical (unpaired) electrons. The van der Waals surface area contributed by atoms with E-state index in [2.05, 4.69) is 9.44 Å². The second kappa shape index (κ2) is 8.73. The van der Waals surface area contributed by atoms with Gasteiger partial charge in [-0.15, -0.1) is 0 Å². The minimum atomic E-state index is -4.32. The summed E-state index contributed by atoms with van der Waals surface area (Å²) in [6.07, 6.45) is 0. The Kier molecular flexibility index (Phi) is 6.39. The van der Waals surface area contributed by atoms with Gasteiger partial charge in [0.05, 0.1) is 26.1 Å². The van der Waals surface area contributed by atoms with E-state index in [1.807, 2.05) is 0 Å². The van der Waals surface area contributed by atoms with Gasteiger partial charge in [0.25, 0.3) is 25.7 Å². The number of nitro groups is 1. The number of para-hydroxylation sites is 1. The molecule has 0 fully saturated rings. The van der Waals surface area contributed by atoms with Crippen molar-refractivity contribution in [3.8, 4) is 0 Å². The highest BCUT2D eigenvalue weighted by Crippen LogP contribution is 2.29. The van der Waals surface area contributed by atoms with Crippen LogP contribution < -0.4 is 9.44 Å². The quantitative estimate of drug-likeness (QED) is 0.367. The Morgan fingerprint density at radius 3 is 2.28 bits per heavy atom. The predicted octanol–water partition coefficient (Wildman–Crippen LogP) is 4.30. The molecule has 0 amide bonds. The Hall–Kier alpha value is -3.22. The largest absolute Gasteiger partial charge is 0.289 e. The highest BCUT2D eigenvalue weighted by Gasteiger charge is 2.23. The summed E-state index contributed by atoms with van der Waals surface area (Å²) in [6.45, 7) is 1.48. The van der Waals surface area contributed by atoms with Crippen molar-refractivity contribution in [1.82, 2.24) is 0 Å². The Morgan fingerprint density at radius 2 is 1.62 bits per heavy atom. The molecule has 3 aromatic carbocycles. The second-order valence-electron chi connectivity index (χ2n) is 6.54. The summed E-state index contributed by atoms with van der Waals surface area (Å²) < 4.78 is 69.1. The highest BCUT2D eigenvalue weighted by molar-refractivity contribution is 7.93. The van der Waals surface area contributed by atoms with Crippen LogP contribution in [0.2, 0.25) is 5.02 Å². The number of nitrogens with one attached hydrogen (secondary N) is 2. The van der Waals surface area contributed by atoms with Gasteiger partial charge in [0.2, 0.25) is 0 Å². The maximum atomic E-state index is 13.9. The summed E-state index contributed by atoms with van der Waals surface area (Å²) in [5.41, 5.74) is -0.719. The van der Waals surface area contributed by atoms with Gasteiger partial charge in [0.1, 0.15) is 10.8 Å². The van der Waals surface area contributed by atoms with Gasteiger partial charge in [0, 0.05) is 6.07 Å². The maximum Gasteiger partial charge on any atom is 0.289 e. The molecule has 0 heterocycles. The molecule has 13 heteroatoms. The Morgan fingerprint density at radius 1 is 0.938 bits per heavy atom. The molecular formula is C19H15ClFN3O6S2. The van der Waals surface area contributed by atoms with E-state index in [1.54, 1.807) is 0 Å². The number of aryl methyl sites for hydroxylation is 1. The van der Waals surface area contributed by atoms with Crippen LogP contribution in [-0.4, -0.2) is 21.8 Å². The van der Waals surface area contributed by atoms with Gasteiger partial charge in [-0.25, -0.2) is 21.2 Å². The van der Waals surface area contributed by atoms with Gasteiger partial charge in [-0.2, -0.15) is 0 Å². The van der Waals surface area contributed by atoms with Crippen LogP contribution in [0.4, 0.5) is 21.5 Å². The SMILES string of the molecule is Cc1ccc(NS(=O)(=O)c2ccc(Cl)c([N+](=O)[O-])c2)cc1S(=O)(=O)Nc1ccccc1F. The third-order valence-electron chi connectivity index (χ3n) is 4.27. The van der Waals surface area contributed by atoms with Crippen LogP contribution in [0.25, 0.3) is 0 Å². The molecule has 0 saturated heterocycles. The lowest BCUT2D eigenvalue weighted by atomic mass is 10.2. The number of hydrogen-bond acceptors (Lipinski definition) is 6. The molecule has 0 unspecified atom stereocenters. The average Bonchev–Trinajstić information content (AvgIpc) is 2.70. The van der Waals surface area contributed by atoms with Crippen LogP contribution in [0.3, 0.4) is 0 Å². The van der Waals surface area contributed by atoms with E-state index in [0.29, 0.717) is 0 Å². The van der Waals surface area contributed by atoms with E-state index in [-0.39, 0.29) is 26.9 Å². The van der Waals surface area contributed by atoms with Crippen molar-refractivity contribution in [2.75, 3.05) is 9.44 Å². The molecule has 0 spiro atoms. The number of anilines is 2. The first-order chi connectivity index (χ1) is 14.9. The number of rotatable bonds is 7. The molecule has 3 rings (SSSR count). The van der Waals surface area contributed by atoms with Gasteiger partial charge in [0.15, 0.2) is 0 Å². The van der Waals surface area contributed by atoms with E-state index < -0.39 is 41.4 Å². The van der Waals surface area contributed by atoms with Crippen molar-refractivity contribution >= 4 is 48.7 Å². The van der Waals surface area contributed by atoms with Crippen LogP contribution in [0.1, 0.15) is 5.56 Å². The molecule has 168 valence electrons. The lowest BCUT2D eigenvalue weighted by Crippen LogP contribution is -2.17. The number of hydrogen-bond donors (Lipinski definition) is 2. The molecule has 0 aliphatic heterocycles. The molecular weight excluding hydrogens is 485 g/mol. The molecule has 0 bridgehead atoms. The molecule has 0 atom stereocenters. The summed E-state index contributed by atoms with van der Waals surface area (Å²) in [6, 6.07) is 11.8. The Balaban J connectivity index is 1.96. The Bertz CT molecular complexity index is 1430. The summed E-state index contributed by atoms with van der Waals surface area (Å²) in [7, 11) is -8.58. The Labute approximate surface area is 188 Å². The smallest absolute Gasteiger partial charge is 0.280 e. The van der Waals surface area contributed by atoms with Gasteiger partial charge in [-0.3, -0.25) is 19.6 Å². The van der Waals surface area contributed by atoms with Crippen LogP contribution in [0.15, 0.2) is 70.5 Å². The van der Waals surface area contributed by atoms with Gasteiger partial charge < -0.3 is 0 Å². The zero-order valence-corrected chi connectivity index (χ0v) is 18.6. The first-order valence-electron chi connectivity index (χ1n) is 8.75. The summed E-state index contributed by atoms with van der Waals surface area (Å²) >= 11 is 5.71. The van der Waals surface area contributed by atoms with Crippen molar-refractivity contribution < 1.29 is 26.1 Å². The van der Waals surface area contributed by atoms with Crippen molar-refractivity contribution in [3.05, 3.63) is 87.2 Å². The summed E-state index contributed by atoms with van der Waals surface area (Å²) in [4.78, 5) is 9.47. The number of nitrogens with zero attached hydrogens (tertiary/aromatic N) is 1. The predicted molar refractivity (Wildman–Crippen MR) is 117 cm³/mol. The second-order valence-corrected chi connectivity index (χ2v) is 10.3. The summed E-state index contributed by atoms with van der Waals surface area (Å²) in [5.74, 6) is -0.782. The van der Waals surface area contributed by atoms with Gasteiger partial charge in [-0.05, 0) is 48.9 Å². The fourth-order valence-electron chi connectivity index (χ4n) is 2.71. The molecule has 0 aliphatic carbocycles. The minimum Gasteiger partial charge on any atom is -0.280 e. The molecule has 0 aliphatic rings. The molecule has 9 nitrogen and oxygen atoms in total. The van der Waals surface area contributed by atoms with E-state index in [1.165, 1.54) is 37.3 Å². The molecule has 0 aromatic heterocycles. The fourth-order valence-corrected chi connectivity index (χ4v) is 5.31. The minimum absolute atomic E-state index is 0.123. The van der Waals surface area contributed by atoms with Crippen molar-refractivity contribution in [2.45, 2.75) is 16.7 Å². The van der Waals surface area contributed by atoms with Gasteiger partial charge in [-0.1, -0.05) is 29.8 Å². The van der Waals surface area contributed by atoms with E-state index in [9.17, 15) is 31.3 Å². The van der Waals surface area contributed by atoms with Crippen LogP contribution in [0.5, 0.6) is 0 Å². The third kappa shape index (κ3) is 4.98. The zero-order chi connectivity index (χ0) is 23.7. The van der Waals surface area contributed by atoms with Crippen LogP contribution >= 0.6 is 11.6 Å². The average molecular weight is 500 g/mol. The van der Waals surface area contributed by atoms with Crippen molar-refractivity contribution in [1.29, 1.82) is 0 Å². The number of nitro benzene ring substituents is 1. The number of sulfonamides is 2. The maximum absolute atomic E-state index is 13.9. The lowest BCUT2D eigenvalue weighted by molar-refractivity contribution is -0.384. The number of halogens is 2. The normalized spacial score (nSPS) is 11.7. The highest BCUT2D eigenvalue weighted by atomic mass is 35.5. The standard InChI is InChI=1S/C19H15ClFN3O6S2/c1-12-6-7-13(10-19(12)32(29,30)23-17-5-3-2-4-16(17)21)22-31(27,28)14-8-9-15(20)18(11-14)24(25)26/h2-11,22-23H,1H3. The molecule has 3 aromatic rings. The molecule has 2 N–H and O–H groups in total. The molecule has 0 saturated carbocycles. The summed E-state index contributed by atoms with van der Waals surface area (Å²) in [5, 5.41) is 10.8.